The van der Waals surface area contributed by atoms with E-state index in [9.17, 15) is 5.11 Å². The maximum absolute atomic E-state index is 10.0. The van der Waals surface area contributed by atoms with Crippen molar-refractivity contribution in [1.29, 1.82) is 0 Å². The number of aliphatic hydroxyl groups excluding tert-OH is 1. The number of hydrogen-bond donors (Lipinski definition) is 2. The van der Waals surface area contributed by atoms with Crippen LogP contribution in [-0.4, -0.2) is 24.9 Å². The molecule has 1 unspecified atom stereocenters. The monoisotopic (exact) mass is 265 g/mol. The SMILES string of the molecule is CCC(CC)C(O)CNCc1ccc(COC)cc1. The van der Waals surface area contributed by atoms with Crippen LogP contribution < -0.4 is 5.32 Å². The third kappa shape index (κ3) is 5.72. The summed E-state index contributed by atoms with van der Waals surface area (Å²) < 4.78 is 5.08. The van der Waals surface area contributed by atoms with Gasteiger partial charge in [0, 0.05) is 20.2 Å². The zero-order chi connectivity index (χ0) is 14.1. The smallest absolute Gasteiger partial charge is 0.0713 e. The van der Waals surface area contributed by atoms with Crippen molar-refractivity contribution in [1.82, 2.24) is 5.32 Å². The number of ether oxygens (including phenoxy) is 1. The maximum atomic E-state index is 10.0. The lowest BCUT2D eigenvalue weighted by Gasteiger charge is -2.20. The first kappa shape index (κ1) is 16.2. The molecule has 0 aromatic heterocycles. The van der Waals surface area contributed by atoms with Crippen LogP contribution in [-0.2, 0) is 17.9 Å². The van der Waals surface area contributed by atoms with Gasteiger partial charge in [-0.25, -0.2) is 0 Å². The second kappa shape index (κ2) is 9.08. The van der Waals surface area contributed by atoms with Crippen LogP contribution in [0.15, 0.2) is 24.3 Å². The summed E-state index contributed by atoms with van der Waals surface area (Å²) in [5, 5.41) is 13.3. The van der Waals surface area contributed by atoms with Gasteiger partial charge in [-0.05, 0) is 17.0 Å². The Balaban J connectivity index is 2.32. The number of aliphatic hydroxyl groups is 1. The van der Waals surface area contributed by atoms with E-state index < -0.39 is 0 Å². The Morgan fingerprint density at radius 2 is 1.68 bits per heavy atom. The van der Waals surface area contributed by atoms with Crippen molar-refractivity contribution in [3.8, 4) is 0 Å². The average molecular weight is 265 g/mol. The van der Waals surface area contributed by atoms with E-state index in [1.165, 1.54) is 11.1 Å². The molecule has 0 radical (unpaired) electrons. The first-order valence-corrected chi connectivity index (χ1v) is 7.16. The molecule has 1 aromatic rings. The number of rotatable bonds is 9. The Morgan fingerprint density at radius 1 is 1.11 bits per heavy atom. The fourth-order valence-electron chi connectivity index (χ4n) is 2.28. The van der Waals surface area contributed by atoms with Crippen molar-refractivity contribution < 1.29 is 9.84 Å². The molecule has 0 saturated carbocycles. The second-order valence-corrected chi connectivity index (χ2v) is 5.02. The van der Waals surface area contributed by atoms with Crippen molar-refractivity contribution in [2.45, 2.75) is 45.9 Å². The molecule has 3 heteroatoms. The first-order valence-electron chi connectivity index (χ1n) is 7.16. The number of benzene rings is 1. The molecule has 2 N–H and O–H groups in total. The van der Waals surface area contributed by atoms with Gasteiger partial charge in [-0.2, -0.15) is 0 Å². The summed E-state index contributed by atoms with van der Waals surface area (Å²) in [4.78, 5) is 0. The summed E-state index contributed by atoms with van der Waals surface area (Å²) in [6.07, 6.45) is 1.82. The molecule has 0 aliphatic heterocycles. The molecule has 19 heavy (non-hydrogen) atoms. The molecule has 0 heterocycles. The van der Waals surface area contributed by atoms with Crippen LogP contribution in [0.1, 0.15) is 37.8 Å². The number of hydrogen-bond acceptors (Lipinski definition) is 3. The molecule has 0 amide bonds. The fourth-order valence-corrected chi connectivity index (χ4v) is 2.28. The molecule has 0 spiro atoms. The number of methoxy groups -OCH3 is 1. The van der Waals surface area contributed by atoms with Crippen molar-refractivity contribution in [3.05, 3.63) is 35.4 Å². The van der Waals surface area contributed by atoms with Gasteiger partial charge in [0.1, 0.15) is 0 Å². The van der Waals surface area contributed by atoms with Gasteiger partial charge in [-0.1, -0.05) is 51.0 Å². The zero-order valence-electron chi connectivity index (χ0n) is 12.4. The lowest BCUT2D eigenvalue weighted by molar-refractivity contribution is 0.101. The molecule has 1 rings (SSSR count). The standard InChI is InChI=1S/C16H27NO2/c1-4-15(5-2)16(18)11-17-10-13-6-8-14(9-7-13)12-19-3/h6-9,15-18H,4-5,10-12H2,1-3H3. The predicted molar refractivity (Wildman–Crippen MR) is 78.9 cm³/mol. The third-order valence-corrected chi connectivity index (χ3v) is 3.61. The largest absolute Gasteiger partial charge is 0.392 e. The van der Waals surface area contributed by atoms with Gasteiger partial charge in [0.05, 0.1) is 12.7 Å². The highest BCUT2D eigenvalue weighted by atomic mass is 16.5. The van der Waals surface area contributed by atoms with E-state index >= 15 is 0 Å². The minimum Gasteiger partial charge on any atom is -0.392 e. The first-order chi connectivity index (χ1) is 9.21. The summed E-state index contributed by atoms with van der Waals surface area (Å²) >= 11 is 0. The van der Waals surface area contributed by atoms with Crippen LogP contribution in [0.3, 0.4) is 0 Å². The van der Waals surface area contributed by atoms with Gasteiger partial charge >= 0.3 is 0 Å². The summed E-state index contributed by atoms with van der Waals surface area (Å²) in [7, 11) is 1.70. The Bertz CT molecular complexity index is 333. The Morgan fingerprint density at radius 3 is 2.21 bits per heavy atom. The van der Waals surface area contributed by atoms with Crippen LogP contribution in [0, 0.1) is 5.92 Å². The van der Waals surface area contributed by atoms with E-state index in [4.69, 9.17) is 4.74 Å². The topological polar surface area (TPSA) is 41.5 Å². The van der Waals surface area contributed by atoms with Crippen molar-refractivity contribution in [2.24, 2.45) is 5.92 Å². The third-order valence-electron chi connectivity index (χ3n) is 3.61. The Labute approximate surface area is 117 Å². The summed E-state index contributed by atoms with van der Waals surface area (Å²) in [5.74, 6) is 0.400. The Kier molecular flexibility index (Phi) is 7.72. The van der Waals surface area contributed by atoms with Gasteiger partial charge in [-0.15, -0.1) is 0 Å². The zero-order valence-corrected chi connectivity index (χ0v) is 12.4. The fraction of sp³-hybridized carbons (Fsp3) is 0.625. The average Bonchev–Trinajstić information content (AvgIpc) is 2.42. The molecule has 0 aliphatic carbocycles. The number of nitrogens with one attached hydrogen (secondary N) is 1. The predicted octanol–water partition coefficient (Wildman–Crippen LogP) is 2.72. The molecule has 0 fully saturated rings. The van der Waals surface area contributed by atoms with E-state index in [0.29, 0.717) is 19.1 Å². The molecular formula is C16H27NO2. The van der Waals surface area contributed by atoms with Gasteiger partial charge in [0.25, 0.3) is 0 Å². The second-order valence-electron chi connectivity index (χ2n) is 5.02. The van der Waals surface area contributed by atoms with E-state index in [-0.39, 0.29) is 6.10 Å². The van der Waals surface area contributed by atoms with Crippen LogP contribution >= 0.6 is 0 Å². The minimum atomic E-state index is -0.247. The lowest BCUT2D eigenvalue weighted by atomic mass is 9.96. The van der Waals surface area contributed by atoms with Gasteiger partial charge in [-0.3, -0.25) is 0 Å². The summed E-state index contributed by atoms with van der Waals surface area (Å²) in [6, 6.07) is 8.37. The quantitative estimate of drug-likeness (QED) is 0.721. The van der Waals surface area contributed by atoms with Crippen molar-refractivity contribution in [3.63, 3.8) is 0 Å². The van der Waals surface area contributed by atoms with E-state index in [1.807, 2.05) is 0 Å². The Hall–Kier alpha value is -0.900. The van der Waals surface area contributed by atoms with E-state index in [2.05, 4.69) is 43.4 Å². The van der Waals surface area contributed by atoms with Crippen molar-refractivity contribution in [2.75, 3.05) is 13.7 Å². The normalized spacial score (nSPS) is 12.9. The minimum absolute atomic E-state index is 0.247. The van der Waals surface area contributed by atoms with Crippen LogP contribution in [0.2, 0.25) is 0 Å². The molecule has 0 saturated heterocycles. The highest BCUT2D eigenvalue weighted by Gasteiger charge is 2.14. The highest BCUT2D eigenvalue weighted by molar-refractivity contribution is 5.21. The van der Waals surface area contributed by atoms with Gasteiger partial charge in [0.15, 0.2) is 0 Å². The molecule has 0 bridgehead atoms. The van der Waals surface area contributed by atoms with E-state index in [0.717, 1.165) is 19.4 Å². The van der Waals surface area contributed by atoms with Crippen molar-refractivity contribution >= 4 is 0 Å². The van der Waals surface area contributed by atoms with Crippen LogP contribution in [0.4, 0.5) is 0 Å². The van der Waals surface area contributed by atoms with Gasteiger partial charge < -0.3 is 15.2 Å². The summed E-state index contributed by atoms with van der Waals surface area (Å²) in [5.41, 5.74) is 2.42. The molecule has 1 atom stereocenters. The lowest BCUT2D eigenvalue weighted by Crippen LogP contribution is -2.32. The molecule has 108 valence electrons. The summed E-state index contributed by atoms with van der Waals surface area (Å²) in [6.45, 7) is 6.37. The van der Waals surface area contributed by atoms with Crippen LogP contribution in [0.5, 0.6) is 0 Å². The molecular weight excluding hydrogens is 238 g/mol. The molecule has 1 aromatic carbocycles. The van der Waals surface area contributed by atoms with Crippen LogP contribution in [0.25, 0.3) is 0 Å². The molecule has 3 nitrogen and oxygen atoms in total. The maximum Gasteiger partial charge on any atom is 0.0713 e. The molecule has 0 aliphatic rings. The van der Waals surface area contributed by atoms with Gasteiger partial charge in [0.2, 0.25) is 0 Å². The van der Waals surface area contributed by atoms with E-state index in [1.54, 1.807) is 7.11 Å². The highest BCUT2D eigenvalue weighted by Crippen LogP contribution is 2.12.